The van der Waals surface area contributed by atoms with Gasteiger partial charge in [0.2, 0.25) is 10.0 Å². The van der Waals surface area contributed by atoms with E-state index in [1.54, 1.807) is 30.4 Å². The number of hydrogen-bond acceptors (Lipinski definition) is 4. The number of nitrogens with zero attached hydrogens (tertiary/aromatic N) is 2. The van der Waals surface area contributed by atoms with Crippen molar-refractivity contribution in [3.05, 3.63) is 23.8 Å². The summed E-state index contributed by atoms with van der Waals surface area (Å²) in [6.07, 6.45) is 0.806. The summed E-state index contributed by atoms with van der Waals surface area (Å²) in [4.78, 5) is 5.52. The zero-order chi connectivity index (χ0) is 12.6. The van der Waals surface area contributed by atoms with Gasteiger partial charge >= 0.3 is 0 Å². The fourth-order valence-corrected chi connectivity index (χ4v) is 2.86. The van der Waals surface area contributed by atoms with Crippen LogP contribution in [0.5, 0.6) is 0 Å². The van der Waals surface area contributed by atoms with Crippen molar-refractivity contribution in [3.63, 3.8) is 0 Å². The molecule has 0 bridgehead atoms. The fraction of sp³-hybridized carbons (Fsp3) is 0.455. The summed E-state index contributed by atoms with van der Waals surface area (Å²) in [7, 11) is 1.33. The van der Waals surface area contributed by atoms with E-state index in [0.29, 0.717) is 4.90 Å². The summed E-state index contributed by atoms with van der Waals surface area (Å²) in [6.45, 7) is 0.761. The minimum atomic E-state index is -3.35. The quantitative estimate of drug-likeness (QED) is 0.805. The molecule has 0 aromatic heterocycles. The molecule has 0 radical (unpaired) electrons. The third-order valence-corrected chi connectivity index (χ3v) is 4.71. The first-order valence-electron chi connectivity index (χ1n) is 5.34. The molecule has 1 aliphatic rings. The van der Waals surface area contributed by atoms with Crippen LogP contribution in [0.4, 0.5) is 5.69 Å². The SMILES string of the molecule is CON1CCc2cc(S(=O)(=O)N(C)C)ccc21. The van der Waals surface area contributed by atoms with Gasteiger partial charge in [0.1, 0.15) is 0 Å². The Kier molecular flexibility index (Phi) is 3.11. The van der Waals surface area contributed by atoms with Gasteiger partial charge in [-0.2, -0.15) is 0 Å². The standard InChI is InChI=1S/C11H16N2O3S/c1-12(2)17(14,15)10-4-5-11-9(8-10)6-7-13(11)16-3/h4-5,8H,6-7H2,1-3H3. The second-order valence-corrected chi connectivity index (χ2v) is 6.26. The maximum Gasteiger partial charge on any atom is 0.242 e. The van der Waals surface area contributed by atoms with Crippen molar-refractivity contribution in [3.8, 4) is 0 Å². The second-order valence-electron chi connectivity index (χ2n) is 4.11. The Labute approximate surface area is 102 Å². The van der Waals surface area contributed by atoms with E-state index in [1.807, 2.05) is 0 Å². The topological polar surface area (TPSA) is 49.9 Å². The number of anilines is 1. The molecule has 1 aromatic carbocycles. The molecular formula is C11H16N2O3S. The highest BCUT2D eigenvalue weighted by Crippen LogP contribution is 2.30. The van der Waals surface area contributed by atoms with E-state index < -0.39 is 10.0 Å². The largest absolute Gasteiger partial charge is 0.277 e. The van der Waals surface area contributed by atoms with E-state index >= 15 is 0 Å². The van der Waals surface area contributed by atoms with Crippen molar-refractivity contribution >= 4 is 15.7 Å². The summed E-state index contributed by atoms with van der Waals surface area (Å²) in [5, 5.41) is 1.77. The van der Waals surface area contributed by atoms with Crippen LogP contribution >= 0.6 is 0 Å². The molecule has 6 heteroatoms. The summed E-state index contributed by atoms with van der Waals surface area (Å²) >= 11 is 0. The number of benzene rings is 1. The third-order valence-electron chi connectivity index (χ3n) is 2.90. The highest BCUT2D eigenvalue weighted by Gasteiger charge is 2.23. The molecule has 0 atom stereocenters. The molecule has 0 N–H and O–H groups in total. The molecule has 1 heterocycles. The Bertz CT molecular complexity index is 526. The van der Waals surface area contributed by atoms with Crippen LogP contribution in [-0.2, 0) is 21.3 Å². The van der Waals surface area contributed by atoms with Crippen molar-refractivity contribution in [1.29, 1.82) is 0 Å². The summed E-state index contributed by atoms with van der Waals surface area (Å²) in [6, 6.07) is 5.14. The van der Waals surface area contributed by atoms with E-state index in [4.69, 9.17) is 4.84 Å². The van der Waals surface area contributed by atoms with Crippen LogP contribution in [-0.4, -0.2) is 40.5 Å². The molecule has 1 aromatic rings. The van der Waals surface area contributed by atoms with Gasteiger partial charge in [-0.3, -0.25) is 9.90 Å². The van der Waals surface area contributed by atoms with Crippen LogP contribution in [0.2, 0.25) is 0 Å². The Morgan fingerprint density at radius 2 is 2.06 bits per heavy atom. The van der Waals surface area contributed by atoms with Gasteiger partial charge in [-0.15, -0.1) is 0 Å². The van der Waals surface area contributed by atoms with Gasteiger partial charge in [-0.05, 0) is 30.2 Å². The van der Waals surface area contributed by atoms with Gasteiger partial charge in [-0.1, -0.05) is 0 Å². The minimum absolute atomic E-state index is 0.333. The predicted molar refractivity (Wildman–Crippen MR) is 65.4 cm³/mol. The Balaban J connectivity index is 2.43. The lowest BCUT2D eigenvalue weighted by Gasteiger charge is -2.16. The zero-order valence-electron chi connectivity index (χ0n) is 10.2. The molecule has 17 heavy (non-hydrogen) atoms. The number of rotatable bonds is 3. The first kappa shape index (κ1) is 12.3. The third kappa shape index (κ3) is 2.03. The number of hydrogen-bond donors (Lipinski definition) is 0. The van der Waals surface area contributed by atoms with E-state index in [-0.39, 0.29) is 0 Å². The van der Waals surface area contributed by atoms with E-state index in [0.717, 1.165) is 24.2 Å². The second kappa shape index (κ2) is 4.29. The fourth-order valence-electron chi connectivity index (χ4n) is 1.91. The van der Waals surface area contributed by atoms with Crippen LogP contribution in [0.1, 0.15) is 5.56 Å². The summed E-state index contributed by atoms with van der Waals surface area (Å²) < 4.78 is 25.1. The molecule has 0 amide bonds. The number of sulfonamides is 1. The average Bonchev–Trinajstić information content (AvgIpc) is 2.70. The van der Waals surface area contributed by atoms with Gasteiger partial charge in [-0.25, -0.2) is 12.7 Å². The first-order chi connectivity index (χ1) is 7.96. The maximum absolute atomic E-state index is 12.0. The average molecular weight is 256 g/mol. The van der Waals surface area contributed by atoms with E-state index in [2.05, 4.69) is 0 Å². The van der Waals surface area contributed by atoms with Crippen molar-refractivity contribution < 1.29 is 13.3 Å². The Hall–Kier alpha value is -1.11. The molecule has 0 unspecified atom stereocenters. The van der Waals surface area contributed by atoms with Crippen molar-refractivity contribution in [1.82, 2.24) is 4.31 Å². The van der Waals surface area contributed by atoms with Crippen LogP contribution in [0, 0.1) is 0 Å². The monoisotopic (exact) mass is 256 g/mol. The van der Waals surface area contributed by atoms with Gasteiger partial charge < -0.3 is 0 Å². The molecule has 0 fully saturated rings. The Morgan fingerprint density at radius 1 is 1.35 bits per heavy atom. The van der Waals surface area contributed by atoms with Gasteiger partial charge in [0.25, 0.3) is 0 Å². The molecule has 0 spiro atoms. The van der Waals surface area contributed by atoms with Gasteiger partial charge in [0, 0.05) is 20.6 Å². The van der Waals surface area contributed by atoms with Crippen LogP contribution in [0.15, 0.2) is 23.1 Å². The van der Waals surface area contributed by atoms with Gasteiger partial charge in [0.05, 0.1) is 17.7 Å². The molecule has 2 rings (SSSR count). The van der Waals surface area contributed by atoms with Crippen LogP contribution in [0.3, 0.4) is 0 Å². The first-order valence-corrected chi connectivity index (χ1v) is 6.78. The van der Waals surface area contributed by atoms with E-state index in [1.165, 1.54) is 18.4 Å². The lowest BCUT2D eigenvalue weighted by Crippen LogP contribution is -2.22. The smallest absolute Gasteiger partial charge is 0.242 e. The molecule has 5 nitrogen and oxygen atoms in total. The van der Waals surface area contributed by atoms with Crippen molar-refractivity contribution in [2.45, 2.75) is 11.3 Å². The summed E-state index contributed by atoms with van der Waals surface area (Å²) in [5.41, 5.74) is 1.96. The number of fused-ring (bicyclic) bond motifs is 1. The Morgan fingerprint density at radius 3 is 2.65 bits per heavy atom. The molecule has 0 saturated carbocycles. The van der Waals surface area contributed by atoms with Crippen LogP contribution in [0.25, 0.3) is 0 Å². The minimum Gasteiger partial charge on any atom is -0.277 e. The molecule has 0 aliphatic carbocycles. The van der Waals surface area contributed by atoms with Crippen molar-refractivity contribution in [2.75, 3.05) is 32.8 Å². The molecule has 94 valence electrons. The zero-order valence-corrected chi connectivity index (χ0v) is 11.0. The summed E-state index contributed by atoms with van der Waals surface area (Å²) in [5.74, 6) is 0. The lowest BCUT2D eigenvalue weighted by atomic mass is 10.2. The molecular weight excluding hydrogens is 240 g/mol. The lowest BCUT2D eigenvalue weighted by molar-refractivity contribution is 0.174. The van der Waals surface area contributed by atoms with Gasteiger partial charge in [0.15, 0.2) is 0 Å². The van der Waals surface area contributed by atoms with Crippen LogP contribution < -0.4 is 5.06 Å². The maximum atomic E-state index is 12.0. The van der Waals surface area contributed by atoms with E-state index in [9.17, 15) is 8.42 Å². The highest BCUT2D eigenvalue weighted by molar-refractivity contribution is 7.89. The highest BCUT2D eigenvalue weighted by atomic mass is 32.2. The molecule has 0 saturated heterocycles. The van der Waals surface area contributed by atoms with Crippen molar-refractivity contribution in [2.24, 2.45) is 0 Å². The number of hydroxylamine groups is 1. The molecule has 1 aliphatic heterocycles. The normalized spacial score (nSPS) is 15.4. The predicted octanol–water partition coefficient (Wildman–Crippen LogP) is 0.861.